The molecule has 0 saturated heterocycles. The maximum Gasteiger partial charge on any atom is 0.135 e. The molecule has 5 heteroatoms. The van der Waals surface area contributed by atoms with Crippen molar-refractivity contribution in [3.8, 4) is 0 Å². The van der Waals surface area contributed by atoms with Gasteiger partial charge in [0, 0.05) is 24.6 Å². The van der Waals surface area contributed by atoms with Crippen molar-refractivity contribution < 1.29 is 4.74 Å². The minimum absolute atomic E-state index is 0.276. The van der Waals surface area contributed by atoms with E-state index in [1.165, 1.54) is 0 Å². The van der Waals surface area contributed by atoms with Crippen LogP contribution >= 0.6 is 0 Å². The highest BCUT2D eigenvalue weighted by Gasteiger charge is 2.10. The SMILES string of the molecule is Cc1c(N)nc(C(C)C)nc1NCCCCOC(C)C. The quantitative estimate of drug-likeness (QED) is 0.716. The Bertz CT molecular complexity index is 419. The first-order valence-electron chi connectivity index (χ1n) is 7.41. The third-order valence-electron chi connectivity index (χ3n) is 3.03. The summed E-state index contributed by atoms with van der Waals surface area (Å²) in [5.41, 5.74) is 6.86. The van der Waals surface area contributed by atoms with E-state index < -0.39 is 0 Å². The lowest BCUT2D eigenvalue weighted by atomic mass is 10.2. The zero-order valence-electron chi connectivity index (χ0n) is 13.4. The van der Waals surface area contributed by atoms with E-state index in [4.69, 9.17) is 10.5 Å². The number of ether oxygens (including phenoxy) is 1. The lowest BCUT2D eigenvalue weighted by Crippen LogP contribution is -2.12. The summed E-state index contributed by atoms with van der Waals surface area (Å²) in [6.45, 7) is 11.9. The molecule has 0 aromatic carbocycles. The van der Waals surface area contributed by atoms with Gasteiger partial charge >= 0.3 is 0 Å². The van der Waals surface area contributed by atoms with E-state index in [9.17, 15) is 0 Å². The molecule has 1 aromatic rings. The van der Waals surface area contributed by atoms with Crippen LogP contribution in [-0.2, 0) is 4.74 Å². The van der Waals surface area contributed by atoms with Crippen molar-refractivity contribution in [1.82, 2.24) is 9.97 Å². The van der Waals surface area contributed by atoms with Gasteiger partial charge in [-0.05, 0) is 33.6 Å². The molecular weight excluding hydrogens is 252 g/mol. The molecule has 3 N–H and O–H groups in total. The number of anilines is 2. The molecule has 0 aliphatic carbocycles. The summed E-state index contributed by atoms with van der Waals surface area (Å²) >= 11 is 0. The number of nitrogens with one attached hydrogen (secondary N) is 1. The summed E-state index contributed by atoms with van der Waals surface area (Å²) in [6.07, 6.45) is 2.40. The first-order chi connectivity index (χ1) is 9.41. The fourth-order valence-electron chi connectivity index (χ4n) is 1.74. The van der Waals surface area contributed by atoms with Crippen molar-refractivity contribution in [2.45, 2.75) is 59.5 Å². The van der Waals surface area contributed by atoms with Gasteiger partial charge in [0.15, 0.2) is 0 Å². The van der Waals surface area contributed by atoms with Gasteiger partial charge in [-0.3, -0.25) is 0 Å². The molecule has 5 nitrogen and oxygen atoms in total. The van der Waals surface area contributed by atoms with Crippen molar-refractivity contribution >= 4 is 11.6 Å². The second-order valence-corrected chi connectivity index (χ2v) is 5.65. The monoisotopic (exact) mass is 280 g/mol. The van der Waals surface area contributed by atoms with Crippen LogP contribution in [0.4, 0.5) is 11.6 Å². The fourth-order valence-corrected chi connectivity index (χ4v) is 1.74. The summed E-state index contributed by atoms with van der Waals surface area (Å²) in [5.74, 6) is 2.48. The molecule has 0 radical (unpaired) electrons. The average Bonchev–Trinajstić information content (AvgIpc) is 2.37. The predicted octanol–water partition coefficient (Wildman–Crippen LogP) is 3.11. The number of nitrogens with two attached hydrogens (primary N) is 1. The summed E-state index contributed by atoms with van der Waals surface area (Å²) in [4.78, 5) is 8.86. The first-order valence-corrected chi connectivity index (χ1v) is 7.41. The van der Waals surface area contributed by atoms with E-state index in [-0.39, 0.29) is 5.92 Å². The van der Waals surface area contributed by atoms with Gasteiger partial charge in [-0.1, -0.05) is 13.8 Å². The molecule has 0 fully saturated rings. The van der Waals surface area contributed by atoms with Gasteiger partial charge in [0.2, 0.25) is 0 Å². The van der Waals surface area contributed by atoms with E-state index >= 15 is 0 Å². The van der Waals surface area contributed by atoms with Gasteiger partial charge in [-0.25, -0.2) is 9.97 Å². The summed E-state index contributed by atoms with van der Waals surface area (Å²) in [5, 5.41) is 3.35. The molecule has 1 heterocycles. The van der Waals surface area contributed by atoms with E-state index in [0.29, 0.717) is 11.9 Å². The highest BCUT2D eigenvalue weighted by Crippen LogP contribution is 2.20. The van der Waals surface area contributed by atoms with Gasteiger partial charge in [-0.2, -0.15) is 0 Å². The number of hydrogen-bond acceptors (Lipinski definition) is 5. The summed E-state index contributed by atoms with van der Waals surface area (Å²) in [6, 6.07) is 0. The highest BCUT2D eigenvalue weighted by atomic mass is 16.5. The largest absolute Gasteiger partial charge is 0.383 e. The Labute approximate surface area is 122 Å². The third kappa shape index (κ3) is 5.33. The van der Waals surface area contributed by atoms with Crippen LogP contribution in [0.2, 0.25) is 0 Å². The normalized spacial score (nSPS) is 11.3. The fraction of sp³-hybridized carbons (Fsp3) is 0.733. The zero-order chi connectivity index (χ0) is 15.1. The molecule has 1 aromatic heterocycles. The first kappa shape index (κ1) is 16.7. The molecule has 20 heavy (non-hydrogen) atoms. The zero-order valence-corrected chi connectivity index (χ0v) is 13.4. The van der Waals surface area contributed by atoms with Gasteiger partial charge in [0.1, 0.15) is 17.5 Å². The Hall–Kier alpha value is -1.36. The third-order valence-corrected chi connectivity index (χ3v) is 3.03. The maximum atomic E-state index is 5.93. The Morgan fingerprint density at radius 1 is 1.15 bits per heavy atom. The molecule has 0 aliphatic rings. The molecule has 0 aliphatic heterocycles. The van der Waals surface area contributed by atoms with Crippen LogP contribution < -0.4 is 11.1 Å². The Morgan fingerprint density at radius 3 is 2.45 bits per heavy atom. The van der Waals surface area contributed by atoms with E-state index in [0.717, 1.165) is 43.2 Å². The van der Waals surface area contributed by atoms with Gasteiger partial charge in [0.25, 0.3) is 0 Å². The molecule has 114 valence electrons. The Morgan fingerprint density at radius 2 is 1.85 bits per heavy atom. The standard InChI is InChI=1S/C15H28N4O/c1-10(2)14-18-13(16)12(5)15(19-14)17-8-6-7-9-20-11(3)4/h10-11H,6-9H2,1-5H3,(H3,16,17,18,19). The van der Waals surface area contributed by atoms with E-state index in [1.54, 1.807) is 0 Å². The van der Waals surface area contributed by atoms with Crippen LogP contribution in [0.5, 0.6) is 0 Å². The summed E-state index contributed by atoms with van der Waals surface area (Å²) in [7, 11) is 0. The highest BCUT2D eigenvalue weighted by molar-refractivity contribution is 5.54. The lowest BCUT2D eigenvalue weighted by Gasteiger charge is -2.13. The van der Waals surface area contributed by atoms with Gasteiger partial charge in [0.05, 0.1) is 6.10 Å². The van der Waals surface area contributed by atoms with Crippen molar-refractivity contribution in [1.29, 1.82) is 0 Å². The lowest BCUT2D eigenvalue weighted by molar-refractivity contribution is 0.0765. The smallest absolute Gasteiger partial charge is 0.135 e. The van der Waals surface area contributed by atoms with Crippen molar-refractivity contribution in [3.63, 3.8) is 0 Å². The second-order valence-electron chi connectivity index (χ2n) is 5.65. The minimum atomic E-state index is 0.276. The molecule has 0 bridgehead atoms. The molecular formula is C15H28N4O. The van der Waals surface area contributed by atoms with Crippen LogP contribution in [0.15, 0.2) is 0 Å². The van der Waals surface area contributed by atoms with Crippen LogP contribution in [0.3, 0.4) is 0 Å². The van der Waals surface area contributed by atoms with Crippen molar-refractivity contribution in [3.05, 3.63) is 11.4 Å². The molecule has 0 amide bonds. The van der Waals surface area contributed by atoms with E-state index in [1.807, 2.05) is 6.92 Å². The average molecular weight is 280 g/mol. The van der Waals surface area contributed by atoms with Crippen molar-refractivity contribution in [2.24, 2.45) is 0 Å². The van der Waals surface area contributed by atoms with Crippen LogP contribution in [0, 0.1) is 6.92 Å². The number of unbranched alkanes of at least 4 members (excludes halogenated alkanes) is 1. The number of aromatic nitrogens is 2. The van der Waals surface area contributed by atoms with Crippen LogP contribution in [-0.4, -0.2) is 29.2 Å². The Kier molecular flexibility index (Phi) is 6.71. The number of hydrogen-bond donors (Lipinski definition) is 2. The van der Waals surface area contributed by atoms with Crippen LogP contribution in [0.1, 0.15) is 57.8 Å². The summed E-state index contributed by atoms with van der Waals surface area (Å²) < 4.78 is 5.51. The minimum Gasteiger partial charge on any atom is -0.383 e. The molecule has 0 spiro atoms. The molecule has 0 atom stereocenters. The molecule has 0 saturated carbocycles. The number of nitrogens with zero attached hydrogens (tertiary/aromatic N) is 2. The number of rotatable bonds is 8. The second kappa shape index (κ2) is 8.04. The molecule has 1 rings (SSSR count). The van der Waals surface area contributed by atoms with Gasteiger partial charge in [-0.15, -0.1) is 0 Å². The van der Waals surface area contributed by atoms with E-state index in [2.05, 4.69) is 43.0 Å². The van der Waals surface area contributed by atoms with Crippen molar-refractivity contribution in [2.75, 3.05) is 24.2 Å². The van der Waals surface area contributed by atoms with Crippen LogP contribution in [0.25, 0.3) is 0 Å². The molecule has 0 unspecified atom stereocenters. The topological polar surface area (TPSA) is 73.1 Å². The van der Waals surface area contributed by atoms with Gasteiger partial charge < -0.3 is 15.8 Å². The Balaban J connectivity index is 2.47. The predicted molar refractivity (Wildman–Crippen MR) is 84.1 cm³/mol. The maximum absolute atomic E-state index is 5.93. The number of nitrogen functional groups attached to an aromatic ring is 1.